The second-order valence-corrected chi connectivity index (χ2v) is 8.28. The highest BCUT2D eigenvalue weighted by molar-refractivity contribution is 8.07. The van der Waals surface area contributed by atoms with E-state index in [9.17, 15) is 0 Å². The Bertz CT molecular complexity index is 430. The zero-order chi connectivity index (χ0) is 14.5. The van der Waals surface area contributed by atoms with Gasteiger partial charge < -0.3 is 4.74 Å². The van der Waals surface area contributed by atoms with Crippen LogP contribution < -0.4 is 16.0 Å². The predicted molar refractivity (Wildman–Crippen MR) is 90.6 cm³/mol. The number of nitrogens with two attached hydrogens (primary N) is 1. The zero-order valence-corrected chi connectivity index (χ0v) is 14.0. The van der Waals surface area contributed by atoms with Crippen molar-refractivity contribution in [3.63, 3.8) is 0 Å². The van der Waals surface area contributed by atoms with Crippen molar-refractivity contribution in [3.8, 4) is 5.75 Å². The first-order chi connectivity index (χ1) is 9.63. The van der Waals surface area contributed by atoms with Crippen LogP contribution in [0.25, 0.3) is 0 Å². The molecule has 1 aromatic carbocycles. The van der Waals surface area contributed by atoms with Gasteiger partial charge in [-0.3, -0.25) is 11.3 Å². The minimum absolute atomic E-state index is 0.301. The second-order valence-electron chi connectivity index (χ2n) is 5.25. The summed E-state index contributed by atoms with van der Waals surface area (Å²) < 4.78 is 5.29. The van der Waals surface area contributed by atoms with Crippen LogP contribution in [0.3, 0.4) is 0 Å². The van der Waals surface area contributed by atoms with Crippen molar-refractivity contribution in [2.75, 3.05) is 12.9 Å². The molecule has 0 bridgehead atoms. The molecule has 1 aliphatic heterocycles. The van der Waals surface area contributed by atoms with Crippen LogP contribution in [0.4, 0.5) is 0 Å². The normalized spacial score (nSPS) is 28.1. The molecule has 0 radical (unpaired) electrons. The number of hydrogen-bond donors (Lipinski definition) is 2. The fraction of sp³-hybridized carbons (Fsp3) is 0.600. The number of thioether (sulfide) groups is 2. The van der Waals surface area contributed by atoms with Crippen LogP contribution in [0.1, 0.15) is 19.4 Å². The van der Waals surface area contributed by atoms with Crippen molar-refractivity contribution in [2.24, 2.45) is 5.84 Å². The quantitative estimate of drug-likeness (QED) is 0.646. The molecule has 1 fully saturated rings. The number of methoxy groups -OCH3 is 1. The van der Waals surface area contributed by atoms with E-state index in [0.717, 1.165) is 23.2 Å². The molecule has 4 atom stereocenters. The summed E-state index contributed by atoms with van der Waals surface area (Å²) in [5, 5.41) is 1.97. The van der Waals surface area contributed by atoms with Crippen LogP contribution in [-0.4, -0.2) is 34.7 Å². The van der Waals surface area contributed by atoms with Gasteiger partial charge in [-0.05, 0) is 24.1 Å². The van der Waals surface area contributed by atoms with E-state index < -0.39 is 0 Å². The number of ether oxygens (including phenoxy) is 1. The molecule has 1 aliphatic rings. The summed E-state index contributed by atoms with van der Waals surface area (Å²) in [6, 6.07) is 8.55. The molecule has 112 valence electrons. The predicted octanol–water partition coefficient (Wildman–Crippen LogP) is 2.70. The molecule has 3 N–H and O–H groups in total. The summed E-state index contributed by atoms with van der Waals surface area (Å²) in [6.07, 6.45) is 0.938. The van der Waals surface area contributed by atoms with E-state index in [1.54, 1.807) is 7.11 Å². The molecule has 1 heterocycles. The van der Waals surface area contributed by atoms with E-state index in [4.69, 9.17) is 10.6 Å². The maximum absolute atomic E-state index is 5.80. The highest BCUT2D eigenvalue weighted by Gasteiger charge is 2.30. The minimum Gasteiger partial charge on any atom is -0.497 e. The van der Waals surface area contributed by atoms with Gasteiger partial charge in [-0.15, -0.1) is 0 Å². The van der Waals surface area contributed by atoms with Crippen LogP contribution in [0.15, 0.2) is 24.3 Å². The lowest BCUT2D eigenvalue weighted by atomic mass is 10.0. The maximum Gasteiger partial charge on any atom is 0.119 e. The van der Waals surface area contributed by atoms with E-state index >= 15 is 0 Å². The Kier molecular flexibility index (Phi) is 6.08. The third kappa shape index (κ3) is 4.07. The van der Waals surface area contributed by atoms with Crippen LogP contribution in [0.2, 0.25) is 0 Å². The van der Waals surface area contributed by atoms with E-state index in [1.165, 1.54) is 5.56 Å². The van der Waals surface area contributed by atoms with Crippen LogP contribution in [0.5, 0.6) is 5.75 Å². The summed E-state index contributed by atoms with van der Waals surface area (Å²) in [7, 11) is 1.70. The van der Waals surface area contributed by atoms with Crippen molar-refractivity contribution < 1.29 is 4.74 Å². The Labute approximate surface area is 130 Å². The standard InChI is InChI=1S/C15H24N2OS2/c1-10-11(2)20-15(9-19-10)14(17-16)8-12-5-4-6-13(7-12)18-3/h4-7,10-11,14-15,17H,8-9,16H2,1-3H3. The van der Waals surface area contributed by atoms with Gasteiger partial charge in [0.05, 0.1) is 7.11 Å². The molecule has 0 aliphatic carbocycles. The third-order valence-corrected chi connectivity index (χ3v) is 7.38. The lowest BCUT2D eigenvalue weighted by Gasteiger charge is -2.35. The molecule has 20 heavy (non-hydrogen) atoms. The molecule has 1 saturated heterocycles. The van der Waals surface area contributed by atoms with E-state index in [2.05, 4.69) is 54.9 Å². The van der Waals surface area contributed by atoms with Gasteiger partial charge in [0, 0.05) is 27.5 Å². The van der Waals surface area contributed by atoms with Gasteiger partial charge in [0.1, 0.15) is 5.75 Å². The van der Waals surface area contributed by atoms with Gasteiger partial charge in [0.15, 0.2) is 0 Å². The number of rotatable bonds is 5. The Morgan fingerprint density at radius 3 is 2.85 bits per heavy atom. The summed E-state index contributed by atoms with van der Waals surface area (Å²) in [5.41, 5.74) is 4.29. The van der Waals surface area contributed by atoms with Crippen LogP contribution in [-0.2, 0) is 6.42 Å². The molecular formula is C15H24N2OS2. The fourth-order valence-electron chi connectivity index (χ4n) is 2.37. The average molecular weight is 313 g/mol. The first-order valence-electron chi connectivity index (χ1n) is 7.00. The summed E-state index contributed by atoms with van der Waals surface area (Å²) >= 11 is 4.12. The zero-order valence-electron chi connectivity index (χ0n) is 12.3. The third-order valence-electron chi connectivity index (χ3n) is 3.83. The Morgan fingerprint density at radius 1 is 1.40 bits per heavy atom. The van der Waals surface area contributed by atoms with Gasteiger partial charge in [0.25, 0.3) is 0 Å². The summed E-state index contributed by atoms with van der Waals surface area (Å²) in [4.78, 5) is 0. The Morgan fingerprint density at radius 2 is 2.20 bits per heavy atom. The largest absolute Gasteiger partial charge is 0.497 e. The van der Waals surface area contributed by atoms with E-state index in [1.807, 2.05) is 12.1 Å². The van der Waals surface area contributed by atoms with Crippen molar-refractivity contribution >= 4 is 23.5 Å². The lowest BCUT2D eigenvalue weighted by Crippen LogP contribution is -2.47. The van der Waals surface area contributed by atoms with Gasteiger partial charge in [-0.25, -0.2) is 0 Å². The summed E-state index contributed by atoms with van der Waals surface area (Å²) in [6.45, 7) is 4.62. The van der Waals surface area contributed by atoms with Crippen molar-refractivity contribution in [1.29, 1.82) is 0 Å². The molecule has 2 rings (SSSR count). The van der Waals surface area contributed by atoms with Crippen LogP contribution >= 0.6 is 23.5 Å². The monoisotopic (exact) mass is 312 g/mol. The van der Waals surface area contributed by atoms with Gasteiger partial charge in [-0.1, -0.05) is 26.0 Å². The first kappa shape index (κ1) is 16.0. The Hall–Kier alpha value is -0.360. The van der Waals surface area contributed by atoms with Crippen molar-refractivity contribution in [2.45, 2.75) is 42.1 Å². The Balaban J connectivity index is 2.01. The van der Waals surface area contributed by atoms with Gasteiger partial charge in [0.2, 0.25) is 0 Å². The van der Waals surface area contributed by atoms with Gasteiger partial charge >= 0.3 is 0 Å². The number of nitrogens with one attached hydrogen (secondary N) is 1. The van der Waals surface area contributed by atoms with E-state index in [0.29, 0.717) is 16.5 Å². The average Bonchev–Trinajstić information content (AvgIpc) is 2.48. The molecule has 5 heteroatoms. The maximum atomic E-state index is 5.80. The molecular weight excluding hydrogens is 288 g/mol. The first-order valence-corrected chi connectivity index (χ1v) is 8.99. The molecule has 0 spiro atoms. The molecule has 4 unspecified atom stereocenters. The number of benzene rings is 1. The van der Waals surface area contributed by atoms with Crippen LogP contribution in [0, 0.1) is 0 Å². The summed E-state index contributed by atoms with van der Waals surface area (Å²) in [5.74, 6) is 7.87. The minimum atomic E-state index is 0.301. The second kappa shape index (κ2) is 7.59. The molecule has 1 aromatic rings. The highest BCUT2D eigenvalue weighted by Crippen LogP contribution is 2.37. The smallest absolute Gasteiger partial charge is 0.119 e. The molecule has 3 nitrogen and oxygen atoms in total. The SMILES string of the molecule is COc1cccc(CC(NN)C2CSC(C)C(C)S2)c1. The highest BCUT2D eigenvalue weighted by atomic mass is 32.2. The van der Waals surface area contributed by atoms with Crippen molar-refractivity contribution in [3.05, 3.63) is 29.8 Å². The number of hydrogen-bond acceptors (Lipinski definition) is 5. The fourth-order valence-corrected chi connectivity index (χ4v) is 5.48. The topological polar surface area (TPSA) is 47.3 Å². The van der Waals surface area contributed by atoms with Gasteiger partial charge in [-0.2, -0.15) is 23.5 Å². The molecule has 0 amide bonds. The lowest BCUT2D eigenvalue weighted by molar-refractivity contribution is 0.413. The molecule has 0 aromatic heterocycles. The number of hydrazine groups is 1. The van der Waals surface area contributed by atoms with Crippen molar-refractivity contribution in [1.82, 2.24) is 5.43 Å². The van der Waals surface area contributed by atoms with E-state index in [-0.39, 0.29) is 0 Å². The molecule has 0 saturated carbocycles.